The largest absolute Gasteiger partial charge is 0.479 e. The van der Waals surface area contributed by atoms with E-state index >= 15 is 0 Å². The molecule has 36 heavy (non-hydrogen) atoms. The first-order chi connectivity index (χ1) is 17.3. The molecule has 3 aromatic heterocycles. The number of aromatic nitrogens is 4. The zero-order valence-electron chi connectivity index (χ0n) is 21.9. The van der Waals surface area contributed by atoms with Gasteiger partial charge in [-0.05, 0) is 69.5 Å². The summed E-state index contributed by atoms with van der Waals surface area (Å²) in [6, 6.07) is 7.73. The van der Waals surface area contributed by atoms with E-state index < -0.39 is 0 Å². The van der Waals surface area contributed by atoms with Crippen LogP contribution in [0.1, 0.15) is 37.1 Å². The van der Waals surface area contributed by atoms with Gasteiger partial charge in [0.2, 0.25) is 17.7 Å². The fourth-order valence-corrected chi connectivity index (χ4v) is 4.81. The van der Waals surface area contributed by atoms with Gasteiger partial charge in [-0.1, -0.05) is 0 Å². The molecular weight excluding hydrogens is 456 g/mol. The number of rotatable bonds is 9. The van der Waals surface area contributed by atoms with Gasteiger partial charge >= 0.3 is 0 Å². The second-order valence-corrected chi connectivity index (χ2v) is 8.96. The fourth-order valence-electron chi connectivity index (χ4n) is 4.81. The number of anilines is 1. The van der Waals surface area contributed by atoms with Crippen molar-refractivity contribution in [3.05, 3.63) is 47.3 Å². The number of fused-ring (bicyclic) bond motifs is 2. The zero-order valence-corrected chi connectivity index (χ0v) is 21.9. The van der Waals surface area contributed by atoms with E-state index in [1.807, 2.05) is 74.7 Å². The van der Waals surface area contributed by atoms with E-state index in [0.29, 0.717) is 38.4 Å². The smallest absolute Gasteiger partial charge is 0.242 e. The van der Waals surface area contributed by atoms with Gasteiger partial charge in [-0.3, -0.25) is 9.59 Å². The van der Waals surface area contributed by atoms with Gasteiger partial charge in [0.05, 0.1) is 12.5 Å². The molecule has 0 spiro atoms. The first-order valence-electron chi connectivity index (χ1n) is 12.3. The lowest BCUT2D eigenvalue weighted by Crippen LogP contribution is -2.33. The molecule has 0 atom stereocenters. The van der Waals surface area contributed by atoms with Crippen LogP contribution in [-0.2, 0) is 29.6 Å². The van der Waals surface area contributed by atoms with Crippen molar-refractivity contribution < 1.29 is 14.3 Å². The molecule has 0 radical (unpaired) electrons. The van der Waals surface area contributed by atoms with Crippen LogP contribution < -0.4 is 10.1 Å². The second kappa shape index (κ2) is 10.4. The third kappa shape index (κ3) is 4.78. The molecule has 0 saturated carbocycles. The van der Waals surface area contributed by atoms with Crippen LogP contribution in [0.15, 0.2) is 30.5 Å². The van der Waals surface area contributed by atoms with Gasteiger partial charge in [-0.2, -0.15) is 0 Å². The standard InChI is InChI=1S/C27H34N6O3/c1-7-32(8-2)24(35)16-33-14-13-19-15-20(9-11-22(19)33)29-23(34)12-10-21-17(3)25-26(28-18(21)4)31(5)30-27(25)36-6/h9,11,13-15H,7-8,10,12,16H2,1-6H3,(H,29,34). The number of methoxy groups -OCH3 is 1. The number of hydrogen-bond acceptors (Lipinski definition) is 5. The minimum atomic E-state index is -0.0671. The molecule has 3 heterocycles. The number of carbonyl (C=O) groups excluding carboxylic acids is 2. The van der Waals surface area contributed by atoms with Crippen molar-refractivity contribution in [3.63, 3.8) is 0 Å². The summed E-state index contributed by atoms with van der Waals surface area (Å²) in [5.41, 5.74) is 5.43. The number of benzene rings is 1. The van der Waals surface area contributed by atoms with Crippen LogP contribution in [0.2, 0.25) is 0 Å². The van der Waals surface area contributed by atoms with Gasteiger partial charge in [0.1, 0.15) is 6.54 Å². The van der Waals surface area contributed by atoms with Crippen LogP contribution in [0.4, 0.5) is 5.69 Å². The lowest BCUT2D eigenvalue weighted by Gasteiger charge is -2.19. The van der Waals surface area contributed by atoms with Gasteiger partial charge in [-0.25, -0.2) is 9.67 Å². The molecule has 0 unspecified atom stereocenters. The number of pyridine rings is 1. The Balaban J connectivity index is 1.45. The monoisotopic (exact) mass is 490 g/mol. The maximum Gasteiger partial charge on any atom is 0.242 e. The van der Waals surface area contributed by atoms with Crippen molar-refractivity contribution in [1.29, 1.82) is 0 Å². The van der Waals surface area contributed by atoms with Gasteiger partial charge in [-0.15, -0.1) is 5.10 Å². The highest BCUT2D eigenvalue weighted by Gasteiger charge is 2.19. The predicted octanol–water partition coefficient (Wildman–Crippen LogP) is 3.99. The molecule has 1 N–H and O–H groups in total. The van der Waals surface area contributed by atoms with Gasteiger partial charge in [0.15, 0.2) is 5.65 Å². The third-order valence-electron chi connectivity index (χ3n) is 6.79. The Kier molecular flexibility index (Phi) is 7.28. The van der Waals surface area contributed by atoms with Crippen molar-refractivity contribution >= 4 is 39.4 Å². The summed E-state index contributed by atoms with van der Waals surface area (Å²) in [5, 5.41) is 9.26. The van der Waals surface area contributed by atoms with E-state index in [4.69, 9.17) is 9.72 Å². The van der Waals surface area contributed by atoms with Gasteiger partial charge < -0.3 is 19.5 Å². The number of ether oxygens (including phenoxy) is 1. The highest BCUT2D eigenvalue weighted by Crippen LogP contribution is 2.30. The quantitative estimate of drug-likeness (QED) is 0.383. The molecule has 0 aliphatic heterocycles. The van der Waals surface area contributed by atoms with E-state index in [1.54, 1.807) is 11.8 Å². The highest BCUT2D eigenvalue weighted by atomic mass is 16.5. The molecular formula is C27H34N6O3. The van der Waals surface area contributed by atoms with Gasteiger partial charge in [0, 0.05) is 55.0 Å². The molecule has 4 rings (SSSR count). The molecule has 0 bridgehead atoms. The molecule has 0 aliphatic carbocycles. The number of nitrogens with one attached hydrogen (secondary N) is 1. The summed E-state index contributed by atoms with van der Waals surface area (Å²) < 4.78 is 9.10. The topological polar surface area (TPSA) is 94.3 Å². The number of likely N-dealkylation sites (N-methyl/N-ethyl adjacent to an activating group) is 1. The van der Waals surface area contributed by atoms with Crippen molar-refractivity contribution in [2.24, 2.45) is 7.05 Å². The maximum absolute atomic E-state index is 12.8. The first kappa shape index (κ1) is 25.2. The summed E-state index contributed by atoms with van der Waals surface area (Å²) in [5.74, 6) is 0.571. The molecule has 9 nitrogen and oxygen atoms in total. The van der Waals surface area contributed by atoms with Gasteiger partial charge in [0.25, 0.3) is 0 Å². The summed E-state index contributed by atoms with van der Waals surface area (Å²) >= 11 is 0. The second-order valence-electron chi connectivity index (χ2n) is 8.96. The SMILES string of the molecule is CCN(CC)C(=O)Cn1ccc2cc(NC(=O)CCc3c(C)nc4c(c(OC)nn4C)c3C)ccc21. The van der Waals surface area contributed by atoms with Crippen LogP contribution in [0.3, 0.4) is 0 Å². The molecule has 4 aromatic rings. The Hall–Kier alpha value is -3.88. The average Bonchev–Trinajstić information content (AvgIpc) is 3.39. The van der Waals surface area contributed by atoms with E-state index in [1.165, 1.54) is 0 Å². The van der Waals surface area contributed by atoms with Crippen molar-refractivity contribution in [1.82, 2.24) is 24.2 Å². The number of nitrogens with zero attached hydrogens (tertiary/aromatic N) is 5. The summed E-state index contributed by atoms with van der Waals surface area (Å²) in [6.45, 7) is 9.65. The van der Waals surface area contributed by atoms with Crippen LogP contribution in [0.25, 0.3) is 21.9 Å². The molecule has 1 aromatic carbocycles. The normalized spacial score (nSPS) is 11.3. The Morgan fingerprint density at radius 2 is 1.89 bits per heavy atom. The maximum atomic E-state index is 12.8. The Labute approximate surface area is 211 Å². The summed E-state index contributed by atoms with van der Waals surface area (Å²) in [7, 11) is 3.44. The number of aryl methyl sites for hydroxylation is 3. The Morgan fingerprint density at radius 1 is 1.14 bits per heavy atom. The lowest BCUT2D eigenvalue weighted by molar-refractivity contribution is -0.131. The predicted molar refractivity (Wildman–Crippen MR) is 141 cm³/mol. The molecule has 0 fully saturated rings. The number of amides is 2. The summed E-state index contributed by atoms with van der Waals surface area (Å²) in [6.07, 6.45) is 2.81. The Morgan fingerprint density at radius 3 is 2.58 bits per heavy atom. The van der Waals surface area contributed by atoms with E-state index in [9.17, 15) is 9.59 Å². The average molecular weight is 491 g/mol. The van der Waals surface area contributed by atoms with Crippen LogP contribution in [-0.4, -0.2) is 56.2 Å². The molecule has 0 saturated heterocycles. The highest BCUT2D eigenvalue weighted by molar-refractivity contribution is 5.94. The number of hydrogen-bond donors (Lipinski definition) is 1. The summed E-state index contributed by atoms with van der Waals surface area (Å²) in [4.78, 5) is 31.8. The van der Waals surface area contributed by atoms with Crippen LogP contribution in [0.5, 0.6) is 5.88 Å². The minimum Gasteiger partial charge on any atom is -0.479 e. The zero-order chi connectivity index (χ0) is 26.0. The molecule has 2 amide bonds. The Bertz CT molecular complexity index is 1430. The van der Waals surface area contributed by atoms with Crippen molar-refractivity contribution in [3.8, 4) is 5.88 Å². The first-order valence-corrected chi connectivity index (χ1v) is 12.3. The minimum absolute atomic E-state index is 0.0671. The third-order valence-corrected chi connectivity index (χ3v) is 6.79. The molecule has 0 aliphatic rings. The van der Waals surface area contributed by atoms with E-state index in [-0.39, 0.29) is 11.8 Å². The lowest BCUT2D eigenvalue weighted by atomic mass is 10.00. The van der Waals surface area contributed by atoms with Crippen LogP contribution >= 0.6 is 0 Å². The van der Waals surface area contributed by atoms with Crippen molar-refractivity contribution in [2.75, 3.05) is 25.5 Å². The molecule has 190 valence electrons. The number of carbonyl (C=O) groups is 2. The van der Waals surface area contributed by atoms with E-state index in [0.717, 1.165) is 44.4 Å². The molecule has 9 heteroatoms. The van der Waals surface area contributed by atoms with Crippen molar-refractivity contribution in [2.45, 2.75) is 47.1 Å². The fraction of sp³-hybridized carbons (Fsp3) is 0.407. The van der Waals surface area contributed by atoms with Crippen LogP contribution in [0, 0.1) is 13.8 Å². The van der Waals surface area contributed by atoms with E-state index in [2.05, 4.69) is 10.4 Å².